The fourth-order valence-electron chi connectivity index (χ4n) is 5.03. The average molecular weight is 599 g/mol. The molecule has 5 rings (SSSR count). The van der Waals surface area contributed by atoms with E-state index in [1.807, 2.05) is 0 Å². The Morgan fingerprint density at radius 3 is 2.49 bits per heavy atom. The van der Waals surface area contributed by atoms with Crippen LogP contribution in [0, 0.1) is 5.82 Å². The summed E-state index contributed by atoms with van der Waals surface area (Å²) >= 11 is 0. The molecule has 1 aromatic heterocycles. The number of carbonyl (C=O) groups excluding carboxylic acids is 4. The number of nitrogens with one attached hydrogen (secondary N) is 2. The molecule has 2 heterocycles. The summed E-state index contributed by atoms with van der Waals surface area (Å²) < 4.78 is 55.8. The lowest BCUT2D eigenvalue weighted by Crippen LogP contribution is -2.51. The summed E-state index contributed by atoms with van der Waals surface area (Å²) in [7, 11) is 1.52. The van der Waals surface area contributed by atoms with Gasteiger partial charge >= 0.3 is 12.2 Å². The number of urea groups is 1. The number of rotatable bonds is 8. The predicted molar refractivity (Wildman–Crippen MR) is 145 cm³/mol. The molecule has 2 atom stereocenters. The van der Waals surface area contributed by atoms with Gasteiger partial charge in [-0.1, -0.05) is 30.3 Å². The Labute approximate surface area is 242 Å². The number of hydrogen-bond donors (Lipinski definition) is 2. The summed E-state index contributed by atoms with van der Waals surface area (Å²) in [6.07, 6.45) is 1.56. The number of carbonyl (C=O) groups is 4. The zero-order chi connectivity index (χ0) is 31.1. The first-order chi connectivity index (χ1) is 20.3. The lowest BCUT2D eigenvalue weighted by Gasteiger charge is -2.32. The van der Waals surface area contributed by atoms with Crippen LogP contribution < -0.4 is 10.6 Å². The van der Waals surface area contributed by atoms with Gasteiger partial charge in [0.05, 0.1) is 6.20 Å². The maximum absolute atomic E-state index is 13.7. The van der Waals surface area contributed by atoms with Gasteiger partial charge in [-0.05, 0) is 53.5 Å². The van der Waals surface area contributed by atoms with E-state index >= 15 is 0 Å². The normalized spacial score (nSPS) is 18.1. The highest BCUT2D eigenvalue weighted by atomic mass is 19.4. The Morgan fingerprint density at radius 2 is 1.81 bits per heavy atom. The van der Waals surface area contributed by atoms with E-state index < -0.39 is 54.5 Å². The first-order valence-corrected chi connectivity index (χ1v) is 13.1. The number of hydrogen-bond acceptors (Lipinski definition) is 5. The van der Waals surface area contributed by atoms with Crippen molar-refractivity contribution in [2.75, 3.05) is 13.6 Å². The van der Waals surface area contributed by atoms with Gasteiger partial charge < -0.3 is 15.5 Å². The van der Waals surface area contributed by atoms with Gasteiger partial charge in [-0.3, -0.25) is 24.0 Å². The molecular weight excluding hydrogens is 572 g/mol. The van der Waals surface area contributed by atoms with Crippen LogP contribution >= 0.6 is 0 Å². The summed E-state index contributed by atoms with van der Waals surface area (Å²) in [6.45, 7) is -0.618. The molecule has 0 bridgehead atoms. The minimum absolute atomic E-state index is 0.0304. The third kappa shape index (κ3) is 5.59. The third-order valence-electron chi connectivity index (χ3n) is 7.49. The number of imide groups is 1. The van der Waals surface area contributed by atoms with Gasteiger partial charge in [0.25, 0.3) is 5.91 Å². The van der Waals surface area contributed by atoms with Gasteiger partial charge in [0.2, 0.25) is 11.8 Å². The quantitative estimate of drug-likeness (QED) is 0.305. The van der Waals surface area contributed by atoms with Crippen molar-refractivity contribution in [2.24, 2.45) is 0 Å². The maximum Gasteiger partial charge on any atom is 0.408 e. The lowest BCUT2D eigenvalue weighted by molar-refractivity contribution is -0.187. The van der Waals surface area contributed by atoms with Crippen LogP contribution in [0.2, 0.25) is 0 Å². The van der Waals surface area contributed by atoms with Gasteiger partial charge in [0, 0.05) is 25.4 Å². The Balaban J connectivity index is 1.36. The second kappa shape index (κ2) is 11.0. The summed E-state index contributed by atoms with van der Waals surface area (Å²) in [5.41, 5.74) is 1.06. The van der Waals surface area contributed by atoms with Crippen LogP contribution in [-0.4, -0.2) is 69.1 Å². The molecule has 224 valence electrons. The van der Waals surface area contributed by atoms with E-state index in [2.05, 4.69) is 15.7 Å². The molecule has 2 aromatic carbocycles. The van der Waals surface area contributed by atoms with Gasteiger partial charge in [-0.2, -0.15) is 18.3 Å². The second-order valence-electron chi connectivity index (χ2n) is 10.2. The first kappa shape index (κ1) is 29.5. The zero-order valence-corrected chi connectivity index (χ0v) is 23.0. The number of alkyl halides is 3. The van der Waals surface area contributed by atoms with Crippen LogP contribution in [0.4, 0.5) is 22.4 Å². The van der Waals surface area contributed by atoms with E-state index in [1.165, 1.54) is 29.9 Å². The average Bonchev–Trinajstić information content (AvgIpc) is 3.64. The third-order valence-corrected chi connectivity index (χ3v) is 7.49. The van der Waals surface area contributed by atoms with Crippen molar-refractivity contribution in [2.45, 2.75) is 37.8 Å². The molecule has 1 unspecified atom stereocenters. The van der Waals surface area contributed by atoms with Crippen LogP contribution in [-0.2, 0) is 33.0 Å². The van der Waals surface area contributed by atoms with Gasteiger partial charge in [-0.15, -0.1) is 0 Å². The Morgan fingerprint density at radius 1 is 1.09 bits per heavy atom. The van der Waals surface area contributed by atoms with Crippen molar-refractivity contribution in [1.82, 2.24) is 30.2 Å². The van der Waals surface area contributed by atoms with E-state index in [0.717, 1.165) is 24.6 Å². The Bertz CT molecular complexity index is 1630. The van der Waals surface area contributed by atoms with E-state index in [0.29, 0.717) is 26.5 Å². The largest absolute Gasteiger partial charge is 0.408 e. The van der Waals surface area contributed by atoms with E-state index in [4.69, 9.17) is 0 Å². The number of likely N-dealkylation sites (N-methyl/N-ethyl adjacent to an activating group) is 1. The Hall–Kier alpha value is -5.01. The summed E-state index contributed by atoms with van der Waals surface area (Å²) in [5, 5.41) is 9.28. The van der Waals surface area contributed by atoms with Crippen molar-refractivity contribution >= 4 is 29.8 Å². The molecule has 1 spiro atoms. The fraction of sp³-hybridized carbons (Fsp3) is 0.276. The summed E-state index contributed by atoms with van der Waals surface area (Å²) in [4.78, 5) is 52.5. The Kier molecular flexibility index (Phi) is 7.54. The summed E-state index contributed by atoms with van der Waals surface area (Å²) in [5.74, 6) is -2.74. The van der Waals surface area contributed by atoms with Crippen molar-refractivity contribution in [1.29, 1.82) is 0 Å². The zero-order valence-electron chi connectivity index (χ0n) is 23.0. The molecule has 5 amide bonds. The number of halogens is 4. The standard InChI is InChI=1S/C29H26F4N6O4/c1-17(29(31,32)33)38(13-18-3-6-22(30)7-4-18)25(41)16-39-26(42)28(36-27(39)43)10-9-20-11-19(5-8-23(20)28)21-12-35-37(14-21)15-24(40)34-2/h3-12,14,17H,13,15-16H2,1-2H3,(H,34,40)(H,36,43)/t17?,28-/m0/s1. The van der Waals surface area contributed by atoms with E-state index in [1.54, 1.807) is 36.7 Å². The summed E-state index contributed by atoms with van der Waals surface area (Å²) in [6, 6.07) is 6.56. The first-order valence-electron chi connectivity index (χ1n) is 13.1. The molecule has 2 N–H and O–H groups in total. The minimum Gasteiger partial charge on any atom is -0.358 e. The molecule has 3 aromatic rings. The molecule has 10 nitrogen and oxygen atoms in total. The number of benzene rings is 2. The van der Waals surface area contributed by atoms with Crippen LogP contribution in [0.15, 0.2) is 60.9 Å². The number of aromatic nitrogens is 2. The molecule has 0 radical (unpaired) electrons. The van der Waals surface area contributed by atoms with E-state index in [-0.39, 0.29) is 18.0 Å². The van der Waals surface area contributed by atoms with Crippen LogP contribution in [0.1, 0.15) is 23.6 Å². The predicted octanol–water partition coefficient (Wildman–Crippen LogP) is 3.19. The molecule has 1 aliphatic heterocycles. The molecule has 2 aliphatic rings. The van der Waals surface area contributed by atoms with Gasteiger partial charge in [-0.25, -0.2) is 9.18 Å². The highest BCUT2D eigenvalue weighted by Crippen LogP contribution is 2.40. The van der Waals surface area contributed by atoms with Crippen molar-refractivity contribution in [3.8, 4) is 11.1 Å². The minimum atomic E-state index is -4.79. The monoisotopic (exact) mass is 598 g/mol. The molecule has 1 saturated heterocycles. The van der Waals surface area contributed by atoms with Crippen molar-refractivity contribution in [3.05, 3.63) is 83.4 Å². The number of amides is 5. The molecular formula is C29H26F4N6O4. The van der Waals surface area contributed by atoms with E-state index in [9.17, 15) is 36.7 Å². The molecule has 1 fully saturated rings. The molecule has 14 heteroatoms. The van der Waals surface area contributed by atoms with Gasteiger partial charge in [0.1, 0.15) is 24.9 Å². The SMILES string of the molecule is CNC(=O)Cn1cc(-c2ccc3c(c2)C=C[C@]32NC(=O)N(CC(=O)N(Cc3ccc(F)cc3)C(C)C(F)(F)F)C2=O)cn1. The van der Waals surface area contributed by atoms with Crippen molar-refractivity contribution in [3.63, 3.8) is 0 Å². The highest BCUT2D eigenvalue weighted by Gasteiger charge is 2.54. The van der Waals surface area contributed by atoms with Crippen molar-refractivity contribution < 1.29 is 36.7 Å². The van der Waals surface area contributed by atoms with Crippen LogP contribution in [0.3, 0.4) is 0 Å². The molecule has 0 saturated carbocycles. The van der Waals surface area contributed by atoms with Crippen LogP contribution in [0.5, 0.6) is 0 Å². The maximum atomic E-state index is 13.7. The molecule has 43 heavy (non-hydrogen) atoms. The van der Waals surface area contributed by atoms with Gasteiger partial charge in [0.15, 0.2) is 5.54 Å². The number of fused-ring (bicyclic) bond motifs is 2. The fourth-order valence-corrected chi connectivity index (χ4v) is 5.03. The lowest BCUT2D eigenvalue weighted by atomic mass is 9.90. The second-order valence-corrected chi connectivity index (χ2v) is 10.2. The number of nitrogens with zero attached hydrogens (tertiary/aromatic N) is 4. The smallest absolute Gasteiger partial charge is 0.358 e. The highest BCUT2D eigenvalue weighted by molar-refractivity contribution is 6.12. The topological polar surface area (TPSA) is 117 Å². The van der Waals surface area contributed by atoms with Crippen LogP contribution in [0.25, 0.3) is 17.2 Å². The molecule has 1 aliphatic carbocycles.